The molecule has 0 spiro atoms. The molecule has 0 bridgehead atoms. The Labute approximate surface area is 175 Å². The summed E-state index contributed by atoms with van der Waals surface area (Å²) in [5, 5.41) is 4.03. The highest BCUT2D eigenvalue weighted by atomic mass is 32.1. The summed E-state index contributed by atoms with van der Waals surface area (Å²) in [6.45, 7) is 7.85. The number of hydrogen-bond donors (Lipinski definition) is 1. The van der Waals surface area contributed by atoms with E-state index < -0.39 is 0 Å². The number of aromatic nitrogens is 1. The summed E-state index contributed by atoms with van der Waals surface area (Å²) in [4.78, 5) is 20.7. The second kappa shape index (κ2) is 8.76. The van der Waals surface area contributed by atoms with Gasteiger partial charge in [-0.25, -0.2) is 4.98 Å². The zero-order valence-electron chi connectivity index (χ0n) is 16.8. The minimum atomic E-state index is -0.0660. The number of thiazole rings is 1. The Hall–Kier alpha value is -2.70. The lowest BCUT2D eigenvalue weighted by molar-refractivity contribution is 0.0951. The fraction of sp³-hybridized carbons (Fsp3) is 0.304. The SMILES string of the molecule is Cc1ccccc1-c1nc(C)c(CNC(=O)c2ccc(N3CCOCC3)cc2)s1. The number of hydrogen-bond acceptors (Lipinski definition) is 5. The average Bonchev–Trinajstić information content (AvgIpc) is 3.13. The fourth-order valence-corrected chi connectivity index (χ4v) is 4.52. The molecule has 150 valence electrons. The van der Waals surface area contributed by atoms with Crippen molar-refractivity contribution in [1.29, 1.82) is 0 Å². The minimum absolute atomic E-state index is 0.0660. The molecule has 1 amide bonds. The number of anilines is 1. The molecule has 6 heteroatoms. The largest absolute Gasteiger partial charge is 0.378 e. The highest BCUT2D eigenvalue weighted by Gasteiger charge is 2.14. The van der Waals surface area contributed by atoms with Crippen molar-refractivity contribution in [3.05, 3.63) is 70.2 Å². The maximum absolute atomic E-state index is 12.6. The molecular formula is C23H25N3O2S. The molecule has 29 heavy (non-hydrogen) atoms. The van der Waals surface area contributed by atoms with Gasteiger partial charge >= 0.3 is 0 Å². The Morgan fingerprint density at radius 3 is 2.55 bits per heavy atom. The Morgan fingerprint density at radius 1 is 1.10 bits per heavy atom. The molecule has 1 saturated heterocycles. The smallest absolute Gasteiger partial charge is 0.251 e. The molecule has 1 aliphatic rings. The molecule has 0 unspecified atom stereocenters. The van der Waals surface area contributed by atoms with E-state index in [4.69, 9.17) is 9.72 Å². The van der Waals surface area contributed by atoms with Crippen molar-refractivity contribution in [3.8, 4) is 10.6 Å². The van der Waals surface area contributed by atoms with Crippen molar-refractivity contribution in [2.75, 3.05) is 31.2 Å². The van der Waals surface area contributed by atoms with Crippen LogP contribution in [0.1, 0.15) is 26.5 Å². The Balaban J connectivity index is 1.40. The highest BCUT2D eigenvalue weighted by Crippen LogP contribution is 2.30. The van der Waals surface area contributed by atoms with Crippen LogP contribution in [-0.4, -0.2) is 37.2 Å². The van der Waals surface area contributed by atoms with Crippen molar-refractivity contribution in [2.24, 2.45) is 0 Å². The third-order valence-electron chi connectivity index (χ3n) is 5.18. The van der Waals surface area contributed by atoms with Gasteiger partial charge in [0.15, 0.2) is 0 Å². The van der Waals surface area contributed by atoms with Gasteiger partial charge in [-0.05, 0) is 43.7 Å². The first-order chi connectivity index (χ1) is 14.1. The van der Waals surface area contributed by atoms with E-state index in [1.165, 1.54) is 5.56 Å². The van der Waals surface area contributed by atoms with E-state index in [0.29, 0.717) is 12.1 Å². The molecule has 0 radical (unpaired) electrons. The van der Waals surface area contributed by atoms with Crippen molar-refractivity contribution < 1.29 is 9.53 Å². The maximum atomic E-state index is 12.6. The molecule has 1 fully saturated rings. The number of aryl methyl sites for hydroxylation is 2. The minimum Gasteiger partial charge on any atom is -0.378 e. The van der Waals surface area contributed by atoms with Gasteiger partial charge < -0.3 is 15.0 Å². The van der Waals surface area contributed by atoms with Gasteiger partial charge in [0.2, 0.25) is 0 Å². The molecule has 1 aliphatic heterocycles. The summed E-state index contributed by atoms with van der Waals surface area (Å²) in [6.07, 6.45) is 0. The highest BCUT2D eigenvalue weighted by molar-refractivity contribution is 7.15. The van der Waals surface area contributed by atoms with Crippen LogP contribution in [0, 0.1) is 13.8 Å². The van der Waals surface area contributed by atoms with E-state index >= 15 is 0 Å². The first-order valence-electron chi connectivity index (χ1n) is 9.85. The van der Waals surface area contributed by atoms with E-state index in [2.05, 4.69) is 29.3 Å². The van der Waals surface area contributed by atoms with Gasteiger partial charge in [0.05, 0.1) is 25.5 Å². The van der Waals surface area contributed by atoms with Crippen LogP contribution in [0.2, 0.25) is 0 Å². The molecule has 1 aromatic heterocycles. The molecule has 0 aliphatic carbocycles. The van der Waals surface area contributed by atoms with Gasteiger partial charge in [0.1, 0.15) is 5.01 Å². The molecular weight excluding hydrogens is 382 g/mol. The number of morpholine rings is 1. The summed E-state index contributed by atoms with van der Waals surface area (Å²) in [5.74, 6) is -0.0660. The third kappa shape index (κ3) is 4.49. The number of nitrogens with one attached hydrogen (secondary N) is 1. The predicted molar refractivity (Wildman–Crippen MR) is 118 cm³/mol. The van der Waals surface area contributed by atoms with Crippen LogP contribution in [0.3, 0.4) is 0 Å². The van der Waals surface area contributed by atoms with Crippen molar-refractivity contribution in [2.45, 2.75) is 20.4 Å². The summed E-state index contributed by atoms with van der Waals surface area (Å²) < 4.78 is 5.39. The number of nitrogens with zero attached hydrogens (tertiary/aromatic N) is 2. The number of rotatable bonds is 5. The van der Waals surface area contributed by atoms with Gasteiger partial charge in [-0.2, -0.15) is 0 Å². The number of benzene rings is 2. The molecule has 3 aromatic rings. The van der Waals surface area contributed by atoms with Crippen LogP contribution in [0.5, 0.6) is 0 Å². The summed E-state index contributed by atoms with van der Waals surface area (Å²) in [5.41, 5.74) is 5.12. The first-order valence-corrected chi connectivity index (χ1v) is 10.7. The number of carbonyl (C=O) groups is 1. The normalized spacial score (nSPS) is 14.1. The van der Waals surface area contributed by atoms with Gasteiger partial charge in [0.25, 0.3) is 5.91 Å². The maximum Gasteiger partial charge on any atom is 0.251 e. The van der Waals surface area contributed by atoms with Crippen LogP contribution >= 0.6 is 11.3 Å². The summed E-state index contributed by atoms with van der Waals surface area (Å²) in [6, 6.07) is 16.0. The lowest BCUT2D eigenvalue weighted by Gasteiger charge is -2.28. The fourth-order valence-electron chi connectivity index (χ4n) is 3.43. The van der Waals surface area contributed by atoms with E-state index in [-0.39, 0.29) is 5.91 Å². The molecule has 5 nitrogen and oxygen atoms in total. The molecule has 0 atom stereocenters. The van der Waals surface area contributed by atoms with Gasteiger partial charge in [-0.15, -0.1) is 11.3 Å². The van der Waals surface area contributed by atoms with Crippen LogP contribution < -0.4 is 10.2 Å². The lowest BCUT2D eigenvalue weighted by atomic mass is 10.1. The second-order valence-electron chi connectivity index (χ2n) is 7.17. The lowest BCUT2D eigenvalue weighted by Crippen LogP contribution is -2.36. The molecule has 4 rings (SSSR count). The van der Waals surface area contributed by atoms with Crippen molar-refractivity contribution in [1.82, 2.24) is 10.3 Å². The molecule has 2 aromatic carbocycles. The topological polar surface area (TPSA) is 54.5 Å². The Kier molecular flexibility index (Phi) is 5.92. The predicted octanol–water partition coefficient (Wildman–Crippen LogP) is 4.19. The Bertz CT molecular complexity index is 992. The Morgan fingerprint density at radius 2 is 1.83 bits per heavy atom. The van der Waals surface area contributed by atoms with Crippen LogP contribution in [0.25, 0.3) is 10.6 Å². The van der Waals surface area contributed by atoms with Gasteiger partial charge in [-0.3, -0.25) is 4.79 Å². The van der Waals surface area contributed by atoms with Crippen LogP contribution in [0.4, 0.5) is 5.69 Å². The van der Waals surface area contributed by atoms with Crippen molar-refractivity contribution >= 4 is 22.9 Å². The van der Waals surface area contributed by atoms with E-state index in [9.17, 15) is 4.79 Å². The standard InChI is InChI=1S/C23H25N3O2S/c1-16-5-3-4-6-20(16)23-25-17(2)21(29-23)15-24-22(27)18-7-9-19(10-8-18)26-11-13-28-14-12-26/h3-10H,11-15H2,1-2H3,(H,24,27). The number of carbonyl (C=O) groups excluding carboxylic acids is 1. The molecule has 2 heterocycles. The van der Waals surface area contributed by atoms with E-state index in [0.717, 1.165) is 53.1 Å². The van der Waals surface area contributed by atoms with Crippen molar-refractivity contribution in [3.63, 3.8) is 0 Å². The number of ether oxygens (including phenoxy) is 1. The first kappa shape index (κ1) is 19.6. The third-order valence-corrected chi connectivity index (χ3v) is 6.37. The van der Waals surface area contributed by atoms with E-state index in [1.54, 1.807) is 11.3 Å². The zero-order valence-corrected chi connectivity index (χ0v) is 17.6. The summed E-state index contributed by atoms with van der Waals surface area (Å²) in [7, 11) is 0. The average molecular weight is 408 g/mol. The van der Waals surface area contributed by atoms with Crippen LogP contribution in [-0.2, 0) is 11.3 Å². The summed E-state index contributed by atoms with van der Waals surface area (Å²) >= 11 is 1.64. The van der Waals surface area contributed by atoms with Gasteiger partial charge in [-0.1, -0.05) is 24.3 Å². The second-order valence-corrected chi connectivity index (χ2v) is 8.26. The van der Waals surface area contributed by atoms with E-state index in [1.807, 2.05) is 43.3 Å². The van der Waals surface area contributed by atoms with Crippen LogP contribution in [0.15, 0.2) is 48.5 Å². The monoisotopic (exact) mass is 407 g/mol. The number of amides is 1. The quantitative estimate of drug-likeness (QED) is 0.689. The molecule has 1 N–H and O–H groups in total. The molecule has 0 saturated carbocycles. The zero-order chi connectivity index (χ0) is 20.2. The van der Waals surface area contributed by atoms with Gasteiger partial charge in [0, 0.05) is 34.8 Å².